The lowest BCUT2D eigenvalue weighted by atomic mass is 10.00. The topological polar surface area (TPSA) is 89.9 Å². The van der Waals surface area contributed by atoms with Gasteiger partial charge in [-0.3, -0.25) is 14.4 Å². The summed E-state index contributed by atoms with van der Waals surface area (Å²) in [6.07, 6.45) is 1.52. The minimum atomic E-state index is -2.21. The van der Waals surface area contributed by atoms with Crippen LogP contribution >= 0.6 is 11.6 Å². The van der Waals surface area contributed by atoms with E-state index in [1.165, 1.54) is 24.0 Å². The van der Waals surface area contributed by atoms with Crippen molar-refractivity contribution in [1.82, 2.24) is 5.32 Å². The summed E-state index contributed by atoms with van der Waals surface area (Å²) < 4.78 is 13.5. The van der Waals surface area contributed by atoms with Crippen LogP contribution in [0.5, 0.6) is 0 Å². The van der Waals surface area contributed by atoms with Crippen LogP contribution in [0.25, 0.3) is 0 Å². The van der Waals surface area contributed by atoms with Gasteiger partial charge in [-0.25, -0.2) is 4.39 Å². The van der Waals surface area contributed by atoms with Crippen molar-refractivity contribution >= 4 is 40.7 Å². The molecule has 0 bridgehead atoms. The van der Waals surface area contributed by atoms with Crippen LogP contribution in [0.4, 0.5) is 15.8 Å². The molecule has 0 aliphatic carbocycles. The van der Waals surface area contributed by atoms with Crippen LogP contribution in [-0.4, -0.2) is 41.5 Å². The van der Waals surface area contributed by atoms with E-state index >= 15 is 0 Å². The van der Waals surface area contributed by atoms with Crippen LogP contribution in [0.3, 0.4) is 0 Å². The van der Waals surface area contributed by atoms with Crippen molar-refractivity contribution in [3.05, 3.63) is 58.4 Å². The number of aryl methyl sites for hydroxylation is 1. The highest BCUT2D eigenvalue weighted by Crippen LogP contribution is 2.34. The molecule has 2 N–H and O–H groups in total. The molecule has 3 amide bonds. The molecule has 9 heteroatoms. The number of rotatable bonds is 4. The molecule has 2 heterocycles. The molecule has 2 aromatic carbocycles. The Kier molecular flexibility index (Phi) is 5.92. The second kappa shape index (κ2) is 8.52. The van der Waals surface area contributed by atoms with Crippen LogP contribution in [0.2, 0.25) is 5.02 Å². The molecule has 4 rings (SSSR count). The van der Waals surface area contributed by atoms with Crippen molar-refractivity contribution in [1.29, 1.82) is 0 Å². The van der Waals surface area contributed by atoms with Gasteiger partial charge in [0.1, 0.15) is 5.82 Å². The number of hydrogen-bond donors (Lipinski definition) is 2. The molecule has 2 aliphatic heterocycles. The summed E-state index contributed by atoms with van der Waals surface area (Å²) in [6, 6.07) is 9.21. The smallest absolute Gasteiger partial charge is 0.268 e. The first-order chi connectivity index (χ1) is 15.2. The first-order valence-corrected chi connectivity index (χ1v) is 10.8. The lowest BCUT2D eigenvalue weighted by Crippen LogP contribution is -2.52. The predicted molar refractivity (Wildman–Crippen MR) is 118 cm³/mol. The summed E-state index contributed by atoms with van der Waals surface area (Å²) in [6.45, 7) is 2.26. The van der Waals surface area contributed by atoms with Crippen molar-refractivity contribution in [3.63, 3.8) is 0 Å². The number of halogens is 2. The van der Waals surface area contributed by atoms with Gasteiger partial charge in [-0.2, -0.15) is 0 Å². The summed E-state index contributed by atoms with van der Waals surface area (Å²) in [7, 11) is 0. The molecule has 7 nitrogen and oxygen atoms in total. The van der Waals surface area contributed by atoms with E-state index in [2.05, 4.69) is 5.32 Å². The molecule has 0 saturated carbocycles. The number of carbonyl (C=O) groups excluding carboxylic acids is 3. The number of fused-ring (bicyclic) bond motifs is 1. The Morgan fingerprint density at radius 1 is 1.22 bits per heavy atom. The molecule has 1 atom stereocenters. The summed E-state index contributed by atoms with van der Waals surface area (Å²) in [5, 5.41) is 13.5. The molecule has 1 saturated heterocycles. The molecule has 168 valence electrons. The number of carbonyl (C=O) groups is 3. The van der Waals surface area contributed by atoms with Crippen LogP contribution in [0.15, 0.2) is 36.4 Å². The average molecular weight is 460 g/mol. The van der Waals surface area contributed by atoms with Crippen LogP contribution in [0, 0.1) is 5.82 Å². The minimum Gasteiger partial charge on any atom is -0.372 e. The highest BCUT2D eigenvalue weighted by Gasteiger charge is 2.51. The first-order valence-electron chi connectivity index (χ1n) is 10.4. The third-order valence-electron chi connectivity index (χ3n) is 5.92. The molecule has 1 fully saturated rings. The maximum absolute atomic E-state index is 13.5. The molecule has 0 radical (unpaired) electrons. The summed E-state index contributed by atoms with van der Waals surface area (Å²) in [4.78, 5) is 40.6. The second-order valence-electron chi connectivity index (χ2n) is 8.11. The van der Waals surface area contributed by atoms with Gasteiger partial charge in [0.2, 0.25) is 11.5 Å². The summed E-state index contributed by atoms with van der Waals surface area (Å²) in [5.41, 5.74) is 0.539. The standard InChI is InChI=1S/C23H23ClFN3O4/c1-14(29)27-7-2-3-16-11-19(4-5-20(16)27)28-8-6-23(32,22(28)31)21(30)26-13-15-9-17(24)12-18(25)10-15/h4-5,9-12,32H,2-3,6-8,13H2,1H3,(H,26,30)/t23-/m1/s1. The Morgan fingerprint density at radius 3 is 2.72 bits per heavy atom. The van der Waals surface area contributed by atoms with E-state index < -0.39 is 23.2 Å². The normalized spacial score (nSPS) is 20.3. The molecule has 0 aromatic heterocycles. The number of benzene rings is 2. The van der Waals surface area contributed by atoms with Crippen molar-refractivity contribution in [3.8, 4) is 0 Å². The van der Waals surface area contributed by atoms with Gasteiger partial charge >= 0.3 is 0 Å². The van der Waals surface area contributed by atoms with Crippen molar-refractivity contribution in [2.45, 2.75) is 38.3 Å². The fourth-order valence-electron chi connectivity index (χ4n) is 4.28. The van der Waals surface area contributed by atoms with E-state index in [9.17, 15) is 23.9 Å². The van der Waals surface area contributed by atoms with Crippen LogP contribution in [-0.2, 0) is 27.3 Å². The largest absolute Gasteiger partial charge is 0.372 e. The second-order valence-corrected chi connectivity index (χ2v) is 8.55. The Bertz CT molecular complexity index is 1090. The van der Waals surface area contributed by atoms with E-state index in [0.717, 1.165) is 30.2 Å². The van der Waals surface area contributed by atoms with Crippen molar-refractivity contribution in [2.24, 2.45) is 0 Å². The zero-order chi connectivity index (χ0) is 23.0. The Labute approximate surface area is 189 Å². The van der Waals surface area contributed by atoms with E-state index in [4.69, 9.17) is 11.6 Å². The van der Waals surface area contributed by atoms with Gasteiger partial charge in [0.25, 0.3) is 11.8 Å². The Hall–Kier alpha value is -2.97. The highest BCUT2D eigenvalue weighted by molar-refractivity contribution is 6.30. The third-order valence-corrected chi connectivity index (χ3v) is 6.14. The maximum Gasteiger partial charge on any atom is 0.268 e. The van der Waals surface area contributed by atoms with Gasteiger partial charge in [0, 0.05) is 49.4 Å². The van der Waals surface area contributed by atoms with E-state index in [1.54, 1.807) is 17.0 Å². The SMILES string of the molecule is CC(=O)N1CCCc2cc(N3CC[C@@](O)(C(=O)NCc4cc(F)cc(Cl)c4)C3=O)ccc21. The fraction of sp³-hybridized carbons (Fsp3) is 0.348. The number of nitrogens with one attached hydrogen (secondary N) is 1. The Morgan fingerprint density at radius 2 is 2.00 bits per heavy atom. The van der Waals surface area contributed by atoms with Gasteiger partial charge in [-0.05, 0) is 60.4 Å². The highest BCUT2D eigenvalue weighted by atomic mass is 35.5. The van der Waals surface area contributed by atoms with Gasteiger partial charge in [0.15, 0.2) is 0 Å². The lowest BCUT2D eigenvalue weighted by Gasteiger charge is -2.30. The van der Waals surface area contributed by atoms with Crippen LogP contribution < -0.4 is 15.1 Å². The Balaban J connectivity index is 1.49. The fourth-order valence-corrected chi connectivity index (χ4v) is 4.53. The molecule has 0 unspecified atom stereocenters. The number of nitrogens with zero attached hydrogens (tertiary/aromatic N) is 2. The quantitative estimate of drug-likeness (QED) is 0.688. The molecule has 2 aromatic rings. The number of hydrogen-bond acceptors (Lipinski definition) is 4. The molecule has 2 aliphatic rings. The molecular formula is C23H23ClFN3O4. The van der Waals surface area contributed by atoms with Crippen molar-refractivity contribution < 1.29 is 23.9 Å². The predicted octanol–water partition coefficient (Wildman–Crippen LogP) is 2.56. The van der Waals surface area contributed by atoms with E-state index in [-0.39, 0.29) is 30.4 Å². The average Bonchev–Trinajstić information content (AvgIpc) is 3.06. The minimum absolute atomic E-state index is 0.0402. The van der Waals surface area contributed by atoms with Crippen LogP contribution in [0.1, 0.15) is 30.9 Å². The number of anilines is 2. The van der Waals surface area contributed by atoms with Crippen molar-refractivity contribution in [2.75, 3.05) is 22.9 Å². The zero-order valence-electron chi connectivity index (χ0n) is 17.5. The molecule has 0 spiro atoms. The van der Waals surface area contributed by atoms with E-state index in [0.29, 0.717) is 17.8 Å². The van der Waals surface area contributed by atoms with Gasteiger partial charge in [-0.15, -0.1) is 0 Å². The maximum atomic E-state index is 13.5. The van der Waals surface area contributed by atoms with Gasteiger partial charge < -0.3 is 20.2 Å². The molecular weight excluding hydrogens is 437 g/mol. The van der Waals surface area contributed by atoms with Gasteiger partial charge in [0.05, 0.1) is 0 Å². The number of amides is 3. The number of aliphatic hydroxyl groups is 1. The zero-order valence-corrected chi connectivity index (χ0v) is 18.3. The lowest BCUT2D eigenvalue weighted by molar-refractivity contribution is -0.149. The van der Waals surface area contributed by atoms with Gasteiger partial charge in [-0.1, -0.05) is 11.6 Å². The summed E-state index contributed by atoms with van der Waals surface area (Å²) >= 11 is 5.82. The summed E-state index contributed by atoms with van der Waals surface area (Å²) in [5.74, 6) is -2.14. The monoisotopic (exact) mass is 459 g/mol. The first kappa shape index (κ1) is 22.2. The van der Waals surface area contributed by atoms with E-state index in [1.807, 2.05) is 6.07 Å². The third kappa shape index (κ3) is 4.08. The molecule has 32 heavy (non-hydrogen) atoms.